The van der Waals surface area contributed by atoms with Crippen LogP contribution in [0.5, 0.6) is 0 Å². The van der Waals surface area contributed by atoms with Crippen molar-refractivity contribution in [2.75, 3.05) is 28.2 Å². The van der Waals surface area contributed by atoms with E-state index in [1.807, 2.05) is 91.0 Å². The first-order valence-corrected chi connectivity index (χ1v) is 10.5. The van der Waals surface area contributed by atoms with Gasteiger partial charge in [0.1, 0.15) is 0 Å². The molecule has 0 aliphatic rings. The first-order valence-electron chi connectivity index (χ1n) is 10.5. The topological polar surface area (TPSA) is 40.6 Å². The lowest BCUT2D eigenvalue weighted by Crippen LogP contribution is -2.39. The third-order valence-corrected chi connectivity index (χ3v) is 5.63. The molecule has 0 saturated heterocycles. The second kappa shape index (κ2) is 10.1. The Balaban J connectivity index is 2.29. The van der Waals surface area contributed by atoms with Gasteiger partial charge in [-0.25, -0.2) is 0 Å². The van der Waals surface area contributed by atoms with Crippen LogP contribution in [0, 0.1) is 0 Å². The lowest BCUT2D eigenvalue weighted by atomic mass is 9.70. The van der Waals surface area contributed by atoms with Gasteiger partial charge in [-0.15, -0.1) is 0 Å². The van der Waals surface area contributed by atoms with E-state index in [1.54, 1.807) is 38.0 Å². The predicted molar refractivity (Wildman–Crippen MR) is 125 cm³/mol. The van der Waals surface area contributed by atoms with E-state index in [1.165, 1.54) is 0 Å². The molecule has 0 heterocycles. The Morgan fingerprint density at radius 2 is 0.806 bits per heavy atom. The largest absolute Gasteiger partial charge is 0.348 e. The number of amides is 2. The molecule has 3 aromatic rings. The maximum atomic E-state index is 13.6. The van der Waals surface area contributed by atoms with Crippen molar-refractivity contribution in [1.29, 1.82) is 0 Å². The van der Waals surface area contributed by atoms with E-state index in [0.717, 1.165) is 16.7 Å². The lowest BCUT2D eigenvalue weighted by Gasteiger charge is -2.36. The summed E-state index contributed by atoms with van der Waals surface area (Å²) in [6.45, 7) is 0. The smallest absolute Gasteiger partial charge is 0.230 e. The fourth-order valence-corrected chi connectivity index (χ4v) is 4.14. The van der Waals surface area contributed by atoms with E-state index in [4.69, 9.17) is 0 Å². The third-order valence-electron chi connectivity index (χ3n) is 5.63. The first-order chi connectivity index (χ1) is 14.9. The summed E-state index contributed by atoms with van der Waals surface area (Å²) in [6.07, 6.45) is 0. The highest BCUT2D eigenvalue weighted by atomic mass is 16.2. The van der Waals surface area contributed by atoms with Crippen LogP contribution in [-0.4, -0.2) is 49.8 Å². The van der Waals surface area contributed by atoms with E-state index in [-0.39, 0.29) is 17.7 Å². The van der Waals surface area contributed by atoms with Gasteiger partial charge < -0.3 is 9.80 Å². The molecule has 0 N–H and O–H groups in total. The van der Waals surface area contributed by atoms with E-state index < -0.39 is 11.8 Å². The fraction of sp³-hybridized carbons (Fsp3) is 0.259. The van der Waals surface area contributed by atoms with Crippen molar-refractivity contribution in [3.63, 3.8) is 0 Å². The van der Waals surface area contributed by atoms with Gasteiger partial charge >= 0.3 is 0 Å². The summed E-state index contributed by atoms with van der Waals surface area (Å²) in [4.78, 5) is 30.4. The van der Waals surface area contributed by atoms with Crippen LogP contribution >= 0.6 is 0 Å². The van der Waals surface area contributed by atoms with Crippen molar-refractivity contribution in [2.45, 2.75) is 17.8 Å². The minimum Gasteiger partial charge on any atom is -0.348 e. The number of nitrogens with zero attached hydrogens (tertiary/aromatic N) is 2. The van der Waals surface area contributed by atoms with Gasteiger partial charge in [0.2, 0.25) is 11.8 Å². The molecular formula is C27H30N2O2. The molecule has 0 bridgehead atoms. The second-order valence-corrected chi connectivity index (χ2v) is 8.18. The molecule has 3 rings (SSSR count). The molecule has 0 unspecified atom stereocenters. The normalized spacial score (nSPS) is 12.8. The Morgan fingerprint density at radius 1 is 0.516 bits per heavy atom. The highest BCUT2D eigenvalue weighted by Crippen LogP contribution is 2.45. The molecule has 31 heavy (non-hydrogen) atoms. The highest BCUT2D eigenvalue weighted by Gasteiger charge is 2.41. The van der Waals surface area contributed by atoms with Crippen LogP contribution < -0.4 is 0 Å². The molecule has 0 radical (unpaired) electrons. The van der Waals surface area contributed by atoms with Crippen LogP contribution in [0.4, 0.5) is 0 Å². The molecule has 0 aliphatic heterocycles. The molecule has 4 nitrogen and oxygen atoms in total. The van der Waals surface area contributed by atoms with E-state index in [0.29, 0.717) is 0 Å². The Kier molecular flexibility index (Phi) is 7.24. The van der Waals surface area contributed by atoms with Crippen LogP contribution in [0.15, 0.2) is 91.0 Å². The molecule has 0 aromatic heterocycles. The lowest BCUT2D eigenvalue weighted by molar-refractivity contribution is -0.133. The Bertz CT molecular complexity index is 922. The number of rotatable bonds is 7. The SMILES string of the molecule is CN(C)C(=O)[C@@H](c1ccccc1)C(c1ccccc1)[C@@H](C(=O)N(C)C)c1ccccc1. The second-order valence-electron chi connectivity index (χ2n) is 8.18. The summed E-state index contributed by atoms with van der Waals surface area (Å²) in [5, 5.41) is 0. The molecule has 3 aromatic carbocycles. The summed E-state index contributed by atoms with van der Waals surface area (Å²) in [5.41, 5.74) is 2.78. The summed E-state index contributed by atoms with van der Waals surface area (Å²) in [6, 6.07) is 29.5. The van der Waals surface area contributed by atoms with E-state index in [9.17, 15) is 9.59 Å². The van der Waals surface area contributed by atoms with Gasteiger partial charge in [-0.2, -0.15) is 0 Å². The molecule has 160 valence electrons. The van der Waals surface area contributed by atoms with Gasteiger partial charge in [0.25, 0.3) is 0 Å². The maximum absolute atomic E-state index is 13.6. The molecule has 2 amide bonds. The van der Waals surface area contributed by atoms with Gasteiger partial charge in [-0.05, 0) is 16.7 Å². The van der Waals surface area contributed by atoms with Crippen molar-refractivity contribution in [3.05, 3.63) is 108 Å². The van der Waals surface area contributed by atoms with E-state index in [2.05, 4.69) is 0 Å². The molecule has 0 spiro atoms. The summed E-state index contributed by atoms with van der Waals surface area (Å²) >= 11 is 0. The highest BCUT2D eigenvalue weighted by molar-refractivity contribution is 5.89. The van der Waals surface area contributed by atoms with Crippen LogP contribution in [0.3, 0.4) is 0 Å². The van der Waals surface area contributed by atoms with Gasteiger partial charge in [0, 0.05) is 34.1 Å². The molecule has 0 aliphatic carbocycles. The molecule has 4 heteroatoms. The molecule has 2 atom stereocenters. The first kappa shape index (κ1) is 22.3. The van der Waals surface area contributed by atoms with Crippen LogP contribution in [-0.2, 0) is 9.59 Å². The minimum absolute atomic E-state index is 0.0208. The minimum atomic E-state index is -0.507. The van der Waals surface area contributed by atoms with Gasteiger partial charge in [-0.1, -0.05) is 91.0 Å². The zero-order valence-corrected chi connectivity index (χ0v) is 18.6. The number of carbonyl (C=O) groups is 2. The van der Waals surface area contributed by atoms with Crippen LogP contribution in [0.2, 0.25) is 0 Å². The number of carbonyl (C=O) groups excluding carboxylic acids is 2. The zero-order chi connectivity index (χ0) is 22.4. The molecular weight excluding hydrogens is 384 g/mol. The number of hydrogen-bond acceptors (Lipinski definition) is 2. The summed E-state index contributed by atoms with van der Waals surface area (Å²) in [7, 11) is 7.08. The number of hydrogen-bond donors (Lipinski definition) is 0. The Labute approximate surface area is 185 Å². The average molecular weight is 415 g/mol. The van der Waals surface area contributed by atoms with Gasteiger partial charge in [0.15, 0.2) is 0 Å². The molecule has 0 fully saturated rings. The average Bonchev–Trinajstić information content (AvgIpc) is 2.80. The standard InChI is InChI=1S/C27H30N2O2/c1-28(2)26(30)24(21-16-10-6-11-17-21)23(20-14-8-5-9-15-20)25(27(31)29(3)4)22-18-12-7-13-19-22/h5-19,23-25H,1-4H3/t24-,25-/m0/s1. The van der Waals surface area contributed by atoms with Crippen molar-refractivity contribution in [1.82, 2.24) is 9.80 Å². The van der Waals surface area contributed by atoms with Crippen molar-refractivity contribution < 1.29 is 9.59 Å². The third kappa shape index (κ3) is 5.02. The quantitative estimate of drug-likeness (QED) is 0.571. The number of benzene rings is 3. The molecule has 0 saturated carbocycles. The van der Waals surface area contributed by atoms with Crippen molar-refractivity contribution >= 4 is 11.8 Å². The zero-order valence-electron chi connectivity index (χ0n) is 18.6. The van der Waals surface area contributed by atoms with E-state index >= 15 is 0 Å². The Morgan fingerprint density at radius 3 is 1.10 bits per heavy atom. The summed E-state index contributed by atoms with van der Waals surface area (Å²) in [5.74, 6) is -1.42. The predicted octanol–water partition coefficient (Wildman–Crippen LogP) is 4.51. The van der Waals surface area contributed by atoms with Gasteiger partial charge in [0.05, 0.1) is 11.8 Å². The maximum Gasteiger partial charge on any atom is 0.230 e. The van der Waals surface area contributed by atoms with Crippen LogP contribution in [0.25, 0.3) is 0 Å². The number of likely N-dealkylation sites (N-methyl/N-ethyl adjacent to an activating group) is 2. The summed E-state index contributed by atoms with van der Waals surface area (Å²) < 4.78 is 0. The van der Waals surface area contributed by atoms with Gasteiger partial charge in [-0.3, -0.25) is 9.59 Å². The fourth-order valence-electron chi connectivity index (χ4n) is 4.14. The van der Waals surface area contributed by atoms with Crippen molar-refractivity contribution in [3.8, 4) is 0 Å². The van der Waals surface area contributed by atoms with Crippen LogP contribution in [0.1, 0.15) is 34.4 Å². The Hall–Kier alpha value is -3.40. The monoisotopic (exact) mass is 414 g/mol. The van der Waals surface area contributed by atoms with Crippen molar-refractivity contribution in [2.24, 2.45) is 0 Å².